The van der Waals surface area contributed by atoms with E-state index in [1.807, 2.05) is 60.7 Å². The molecule has 27 heavy (non-hydrogen) atoms. The lowest BCUT2D eigenvalue weighted by molar-refractivity contribution is 0.209. The highest BCUT2D eigenvalue weighted by Crippen LogP contribution is 2.23. The quantitative estimate of drug-likeness (QED) is 0.680. The van der Waals surface area contributed by atoms with E-state index in [1.165, 1.54) is 5.56 Å². The van der Waals surface area contributed by atoms with Gasteiger partial charge in [-0.3, -0.25) is 4.98 Å². The van der Waals surface area contributed by atoms with E-state index >= 15 is 0 Å². The molecule has 1 N–H and O–H groups in total. The molecule has 3 aromatic rings. The van der Waals surface area contributed by atoms with E-state index in [-0.39, 0.29) is 6.03 Å². The van der Waals surface area contributed by atoms with Gasteiger partial charge in [-0.05, 0) is 36.2 Å². The minimum atomic E-state index is -0.180. The molecule has 0 radical (unpaired) electrons. The first-order valence-electron chi connectivity index (χ1n) is 8.89. The summed E-state index contributed by atoms with van der Waals surface area (Å²) in [6.45, 7) is 1.02. The maximum atomic E-state index is 12.9. The predicted octanol–water partition coefficient (Wildman–Crippen LogP) is 4.37. The number of hydrogen-bond acceptors (Lipinski definition) is 3. The van der Waals surface area contributed by atoms with Crippen molar-refractivity contribution < 1.29 is 9.53 Å². The number of pyridine rings is 1. The van der Waals surface area contributed by atoms with E-state index in [9.17, 15) is 4.79 Å². The zero-order valence-corrected chi connectivity index (χ0v) is 15.3. The monoisotopic (exact) mass is 361 g/mol. The smallest absolute Gasteiger partial charge is 0.322 e. The van der Waals surface area contributed by atoms with Crippen LogP contribution < -0.4 is 10.1 Å². The molecule has 0 unspecified atom stereocenters. The number of nitrogens with zero attached hydrogens (tertiary/aromatic N) is 2. The molecular formula is C22H23N3O2. The average Bonchev–Trinajstić information content (AvgIpc) is 2.73. The van der Waals surface area contributed by atoms with Crippen LogP contribution in [0.5, 0.6) is 5.75 Å². The molecule has 0 aliphatic heterocycles. The second kappa shape index (κ2) is 9.38. The summed E-state index contributed by atoms with van der Waals surface area (Å²) >= 11 is 0. The summed E-state index contributed by atoms with van der Waals surface area (Å²) in [6, 6.07) is 23.1. The number of amides is 2. The molecule has 0 spiro atoms. The van der Waals surface area contributed by atoms with Gasteiger partial charge in [-0.2, -0.15) is 0 Å². The van der Waals surface area contributed by atoms with Crippen molar-refractivity contribution in [3.8, 4) is 5.75 Å². The fraction of sp³-hybridized carbons (Fsp3) is 0.182. The molecule has 2 amide bonds. The highest BCUT2D eigenvalue weighted by atomic mass is 16.5. The predicted molar refractivity (Wildman–Crippen MR) is 107 cm³/mol. The molecule has 0 saturated carbocycles. The third kappa shape index (κ3) is 5.31. The van der Waals surface area contributed by atoms with E-state index < -0.39 is 0 Å². The van der Waals surface area contributed by atoms with Crippen molar-refractivity contribution in [1.29, 1.82) is 0 Å². The Morgan fingerprint density at radius 2 is 1.74 bits per heavy atom. The van der Waals surface area contributed by atoms with Crippen molar-refractivity contribution in [2.45, 2.75) is 13.0 Å². The van der Waals surface area contributed by atoms with Gasteiger partial charge in [0, 0.05) is 12.7 Å². The molecule has 0 aliphatic carbocycles. The summed E-state index contributed by atoms with van der Waals surface area (Å²) in [5.41, 5.74) is 2.69. The minimum Gasteiger partial charge on any atom is -0.495 e. The van der Waals surface area contributed by atoms with Crippen LogP contribution in [-0.2, 0) is 13.0 Å². The number of hydrogen-bond donors (Lipinski definition) is 1. The molecule has 0 atom stereocenters. The van der Waals surface area contributed by atoms with Crippen LogP contribution in [0.4, 0.5) is 10.5 Å². The Labute approximate surface area is 159 Å². The van der Waals surface area contributed by atoms with Crippen LogP contribution in [0.25, 0.3) is 0 Å². The zero-order valence-electron chi connectivity index (χ0n) is 15.3. The third-order valence-electron chi connectivity index (χ3n) is 4.23. The fourth-order valence-electron chi connectivity index (χ4n) is 2.79. The third-order valence-corrected chi connectivity index (χ3v) is 4.23. The number of anilines is 1. The molecule has 0 fully saturated rings. The first kappa shape index (κ1) is 18.5. The number of nitrogens with one attached hydrogen (secondary N) is 1. The van der Waals surface area contributed by atoms with Crippen LogP contribution in [0.3, 0.4) is 0 Å². The maximum absolute atomic E-state index is 12.9. The highest BCUT2D eigenvalue weighted by Gasteiger charge is 2.16. The summed E-state index contributed by atoms with van der Waals surface area (Å²) in [4.78, 5) is 19.1. The molecule has 5 nitrogen and oxygen atoms in total. The van der Waals surface area contributed by atoms with Crippen LogP contribution in [-0.4, -0.2) is 29.6 Å². The topological polar surface area (TPSA) is 54.5 Å². The number of urea groups is 1. The lowest BCUT2D eigenvalue weighted by Crippen LogP contribution is -2.36. The number of para-hydroxylation sites is 2. The Hall–Kier alpha value is -3.34. The average molecular weight is 361 g/mol. The number of benzene rings is 2. The van der Waals surface area contributed by atoms with E-state index in [2.05, 4.69) is 22.4 Å². The Balaban J connectivity index is 1.74. The normalized spacial score (nSPS) is 10.3. The molecular weight excluding hydrogens is 338 g/mol. The number of carbonyl (C=O) groups excluding carboxylic acids is 1. The van der Waals surface area contributed by atoms with E-state index in [0.29, 0.717) is 24.5 Å². The van der Waals surface area contributed by atoms with Gasteiger partial charge in [0.1, 0.15) is 5.75 Å². The lowest BCUT2D eigenvalue weighted by Gasteiger charge is -2.23. The van der Waals surface area contributed by atoms with Crippen LogP contribution in [0.2, 0.25) is 0 Å². The van der Waals surface area contributed by atoms with Gasteiger partial charge in [-0.1, -0.05) is 48.5 Å². The number of ether oxygens (including phenoxy) is 1. The van der Waals surface area contributed by atoms with Gasteiger partial charge in [0.15, 0.2) is 0 Å². The van der Waals surface area contributed by atoms with Gasteiger partial charge in [-0.25, -0.2) is 4.79 Å². The molecule has 0 aliphatic rings. The van der Waals surface area contributed by atoms with E-state index in [4.69, 9.17) is 4.74 Å². The van der Waals surface area contributed by atoms with Gasteiger partial charge >= 0.3 is 6.03 Å². The number of rotatable bonds is 7. The zero-order chi connectivity index (χ0) is 18.9. The summed E-state index contributed by atoms with van der Waals surface area (Å²) in [5, 5.41) is 2.95. The fourth-order valence-corrected chi connectivity index (χ4v) is 2.79. The molecule has 2 aromatic carbocycles. The van der Waals surface area contributed by atoms with Crippen molar-refractivity contribution >= 4 is 11.7 Å². The highest BCUT2D eigenvalue weighted by molar-refractivity contribution is 5.91. The first-order valence-corrected chi connectivity index (χ1v) is 8.89. The van der Waals surface area contributed by atoms with Crippen molar-refractivity contribution in [3.05, 3.63) is 90.3 Å². The Morgan fingerprint density at radius 3 is 2.48 bits per heavy atom. The molecule has 0 saturated heterocycles. The Bertz CT molecular complexity index is 854. The number of aromatic nitrogens is 1. The van der Waals surface area contributed by atoms with Gasteiger partial charge in [0.05, 0.1) is 25.0 Å². The van der Waals surface area contributed by atoms with Crippen molar-refractivity contribution in [2.24, 2.45) is 0 Å². The molecule has 1 heterocycles. The second-order valence-corrected chi connectivity index (χ2v) is 6.11. The van der Waals surface area contributed by atoms with Gasteiger partial charge in [0.25, 0.3) is 0 Å². The molecule has 138 valence electrons. The number of methoxy groups -OCH3 is 1. The van der Waals surface area contributed by atoms with Crippen molar-refractivity contribution in [3.63, 3.8) is 0 Å². The van der Waals surface area contributed by atoms with Crippen LogP contribution in [0.1, 0.15) is 11.3 Å². The summed E-state index contributed by atoms with van der Waals surface area (Å²) in [7, 11) is 1.59. The summed E-state index contributed by atoms with van der Waals surface area (Å²) in [6.07, 6.45) is 2.51. The lowest BCUT2D eigenvalue weighted by atomic mass is 10.1. The van der Waals surface area contributed by atoms with E-state index in [0.717, 1.165) is 12.1 Å². The standard InChI is InChI=1S/C22H23N3O2/c1-27-21-13-6-5-12-20(21)24-22(26)25(17-19-11-7-8-15-23-19)16-14-18-9-3-2-4-10-18/h2-13,15H,14,16-17H2,1H3,(H,24,26). The largest absolute Gasteiger partial charge is 0.495 e. The SMILES string of the molecule is COc1ccccc1NC(=O)N(CCc1ccccc1)Cc1ccccn1. The first-order chi connectivity index (χ1) is 13.3. The van der Waals surface area contributed by atoms with Crippen LogP contribution in [0, 0.1) is 0 Å². The van der Waals surface area contributed by atoms with Crippen LogP contribution in [0.15, 0.2) is 79.0 Å². The van der Waals surface area contributed by atoms with Gasteiger partial charge < -0.3 is 15.0 Å². The van der Waals surface area contributed by atoms with Crippen LogP contribution >= 0.6 is 0 Å². The Kier molecular flexibility index (Phi) is 6.41. The maximum Gasteiger partial charge on any atom is 0.322 e. The summed E-state index contributed by atoms with van der Waals surface area (Å²) in [5.74, 6) is 0.631. The second-order valence-electron chi connectivity index (χ2n) is 6.11. The van der Waals surface area contributed by atoms with Crippen molar-refractivity contribution in [1.82, 2.24) is 9.88 Å². The molecule has 3 rings (SSSR count). The van der Waals surface area contributed by atoms with Crippen molar-refractivity contribution in [2.75, 3.05) is 19.0 Å². The van der Waals surface area contributed by atoms with Gasteiger partial charge in [0.2, 0.25) is 0 Å². The molecule has 5 heteroatoms. The van der Waals surface area contributed by atoms with E-state index in [1.54, 1.807) is 18.2 Å². The molecule has 0 bridgehead atoms. The molecule has 1 aromatic heterocycles. The Morgan fingerprint density at radius 1 is 1.00 bits per heavy atom. The minimum absolute atomic E-state index is 0.180. The number of carbonyl (C=O) groups is 1. The summed E-state index contributed by atoms with van der Waals surface area (Å²) < 4.78 is 5.33. The van der Waals surface area contributed by atoms with Gasteiger partial charge in [-0.15, -0.1) is 0 Å².